The molecule has 1 rings (SSSR count). The Kier molecular flexibility index (Phi) is 1.98. The van der Waals surface area contributed by atoms with E-state index in [0.717, 1.165) is 17.1 Å². The maximum atomic E-state index is 5.69. The fourth-order valence-corrected chi connectivity index (χ4v) is 0.772. The third-order valence-corrected chi connectivity index (χ3v) is 1.59. The zero-order chi connectivity index (χ0) is 8.43. The first-order chi connectivity index (χ1) is 5.11. The average Bonchev–Trinajstić information content (AvgIpc) is 1.94. The summed E-state index contributed by atoms with van der Waals surface area (Å²) in [6.07, 6.45) is 1.78. The number of pyridine rings is 1. The van der Waals surface area contributed by atoms with E-state index in [2.05, 4.69) is 4.98 Å². The Morgan fingerprint density at radius 2 is 2.09 bits per heavy atom. The van der Waals surface area contributed by atoms with Crippen LogP contribution in [0.4, 0.5) is 11.5 Å². The maximum absolute atomic E-state index is 5.69. The molecule has 0 spiro atoms. The SMILES string of the molecule is Cc1cnc(N(C)C)cc1N. The van der Waals surface area contributed by atoms with Crippen LogP contribution in [-0.2, 0) is 0 Å². The predicted octanol–water partition coefficient (Wildman–Crippen LogP) is 1.04. The van der Waals surface area contributed by atoms with Crippen LogP contribution in [0.25, 0.3) is 0 Å². The Morgan fingerprint density at radius 3 is 2.55 bits per heavy atom. The van der Waals surface area contributed by atoms with Gasteiger partial charge in [-0.2, -0.15) is 0 Å². The molecule has 0 aliphatic carbocycles. The highest BCUT2D eigenvalue weighted by Gasteiger charge is 1.98. The van der Waals surface area contributed by atoms with Crippen LogP contribution in [0, 0.1) is 6.92 Å². The second-order valence-electron chi connectivity index (χ2n) is 2.79. The van der Waals surface area contributed by atoms with E-state index in [4.69, 9.17) is 5.73 Å². The number of nitrogens with two attached hydrogens (primary N) is 1. The van der Waals surface area contributed by atoms with Gasteiger partial charge in [-0.3, -0.25) is 0 Å². The highest BCUT2D eigenvalue weighted by atomic mass is 15.1. The van der Waals surface area contributed by atoms with E-state index in [1.165, 1.54) is 0 Å². The molecule has 3 heteroatoms. The van der Waals surface area contributed by atoms with Crippen LogP contribution >= 0.6 is 0 Å². The Morgan fingerprint density at radius 1 is 1.45 bits per heavy atom. The molecular weight excluding hydrogens is 138 g/mol. The maximum Gasteiger partial charge on any atom is 0.130 e. The topological polar surface area (TPSA) is 42.2 Å². The molecule has 0 aromatic carbocycles. The monoisotopic (exact) mass is 151 g/mol. The van der Waals surface area contributed by atoms with Crippen molar-refractivity contribution < 1.29 is 0 Å². The fraction of sp³-hybridized carbons (Fsp3) is 0.375. The number of hydrogen-bond donors (Lipinski definition) is 1. The number of rotatable bonds is 1. The third-order valence-electron chi connectivity index (χ3n) is 1.59. The van der Waals surface area contributed by atoms with Crippen LogP contribution in [0.5, 0.6) is 0 Å². The predicted molar refractivity (Wildman–Crippen MR) is 47.7 cm³/mol. The van der Waals surface area contributed by atoms with Crippen LogP contribution in [0.15, 0.2) is 12.3 Å². The zero-order valence-electron chi connectivity index (χ0n) is 7.13. The summed E-state index contributed by atoms with van der Waals surface area (Å²) in [5, 5.41) is 0. The van der Waals surface area contributed by atoms with Crippen molar-refractivity contribution in [3.63, 3.8) is 0 Å². The van der Waals surface area contributed by atoms with Gasteiger partial charge in [-0.1, -0.05) is 0 Å². The van der Waals surface area contributed by atoms with Gasteiger partial charge in [-0.15, -0.1) is 0 Å². The molecule has 0 atom stereocenters. The molecule has 1 aromatic heterocycles. The van der Waals surface area contributed by atoms with E-state index in [0.29, 0.717) is 0 Å². The Labute approximate surface area is 66.8 Å². The minimum atomic E-state index is 0.795. The first-order valence-corrected chi connectivity index (χ1v) is 3.50. The van der Waals surface area contributed by atoms with Gasteiger partial charge in [0.05, 0.1) is 0 Å². The van der Waals surface area contributed by atoms with E-state index in [-0.39, 0.29) is 0 Å². The van der Waals surface area contributed by atoms with Crippen molar-refractivity contribution in [3.05, 3.63) is 17.8 Å². The van der Waals surface area contributed by atoms with Crippen LogP contribution < -0.4 is 10.6 Å². The zero-order valence-corrected chi connectivity index (χ0v) is 7.13. The second-order valence-corrected chi connectivity index (χ2v) is 2.79. The Hall–Kier alpha value is -1.25. The average molecular weight is 151 g/mol. The summed E-state index contributed by atoms with van der Waals surface area (Å²) >= 11 is 0. The molecule has 0 aliphatic rings. The van der Waals surface area contributed by atoms with Crippen LogP contribution in [0.1, 0.15) is 5.56 Å². The van der Waals surface area contributed by atoms with Crippen molar-refractivity contribution in [1.82, 2.24) is 4.98 Å². The molecule has 0 saturated heterocycles. The Bertz CT molecular complexity index is 256. The molecule has 0 aliphatic heterocycles. The van der Waals surface area contributed by atoms with Gasteiger partial charge < -0.3 is 10.6 Å². The second kappa shape index (κ2) is 2.78. The first-order valence-electron chi connectivity index (χ1n) is 3.50. The van der Waals surface area contributed by atoms with Gasteiger partial charge in [-0.25, -0.2) is 4.98 Å². The molecule has 1 heterocycles. The van der Waals surface area contributed by atoms with Gasteiger partial charge in [0.25, 0.3) is 0 Å². The molecule has 0 saturated carbocycles. The van der Waals surface area contributed by atoms with Crippen LogP contribution in [0.3, 0.4) is 0 Å². The lowest BCUT2D eigenvalue weighted by Crippen LogP contribution is -2.11. The molecule has 0 bridgehead atoms. The summed E-state index contributed by atoms with van der Waals surface area (Å²) in [6, 6.07) is 1.87. The van der Waals surface area contributed by atoms with Crippen LogP contribution in [-0.4, -0.2) is 19.1 Å². The molecule has 0 fully saturated rings. The van der Waals surface area contributed by atoms with E-state index in [9.17, 15) is 0 Å². The standard InChI is InChI=1S/C8H13N3/c1-6-5-10-8(11(2)3)4-7(6)9/h4-5H,1-3H3,(H2,9,10). The lowest BCUT2D eigenvalue weighted by Gasteiger charge is -2.11. The van der Waals surface area contributed by atoms with Crippen molar-refractivity contribution in [2.75, 3.05) is 24.7 Å². The number of hydrogen-bond acceptors (Lipinski definition) is 3. The van der Waals surface area contributed by atoms with Gasteiger partial charge in [0.15, 0.2) is 0 Å². The smallest absolute Gasteiger partial charge is 0.130 e. The highest BCUT2D eigenvalue weighted by Crippen LogP contribution is 2.14. The molecule has 11 heavy (non-hydrogen) atoms. The van der Waals surface area contributed by atoms with E-state index in [1.54, 1.807) is 6.20 Å². The van der Waals surface area contributed by atoms with E-state index >= 15 is 0 Å². The lowest BCUT2D eigenvalue weighted by molar-refractivity contribution is 1.06. The van der Waals surface area contributed by atoms with E-state index < -0.39 is 0 Å². The van der Waals surface area contributed by atoms with Crippen molar-refractivity contribution >= 4 is 11.5 Å². The minimum Gasteiger partial charge on any atom is -0.398 e. The molecule has 1 aromatic rings. The number of anilines is 2. The quantitative estimate of drug-likeness (QED) is 0.652. The number of aryl methyl sites for hydroxylation is 1. The summed E-state index contributed by atoms with van der Waals surface area (Å²) in [5.74, 6) is 0.896. The number of aromatic nitrogens is 1. The first kappa shape index (κ1) is 7.85. The molecule has 0 amide bonds. The van der Waals surface area contributed by atoms with Crippen molar-refractivity contribution in [2.45, 2.75) is 6.92 Å². The molecule has 2 N–H and O–H groups in total. The highest BCUT2D eigenvalue weighted by molar-refractivity contribution is 5.53. The van der Waals surface area contributed by atoms with Gasteiger partial charge in [0.1, 0.15) is 5.82 Å². The lowest BCUT2D eigenvalue weighted by atomic mass is 10.2. The molecule has 60 valence electrons. The van der Waals surface area contributed by atoms with Crippen LogP contribution in [0.2, 0.25) is 0 Å². The molecule has 0 radical (unpaired) electrons. The number of nitrogens with zero attached hydrogens (tertiary/aromatic N) is 2. The molecule has 3 nitrogen and oxygen atoms in total. The van der Waals surface area contributed by atoms with Crippen molar-refractivity contribution in [3.8, 4) is 0 Å². The third kappa shape index (κ3) is 1.61. The van der Waals surface area contributed by atoms with Crippen molar-refractivity contribution in [2.24, 2.45) is 0 Å². The largest absolute Gasteiger partial charge is 0.398 e. The fourth-order valence-electron chi connectivity index (χ4n) is 0.772. The van der Waals surface area contributed by atoms with Gasteiger partial charge in [0.2, 0.25) is 0 Å². The molecular formula is C8H13N3. The summed E-state index contributed by atoms with van der Waals surface area (Å²) in [7, 11) is 3.88. The summed E-state index contributed by atoms with van der Waals surface area (Å²) in [5.41, 5.74) is 7.51. The van der Waals surface area contributed by atoms with Gasteiger partial charge in [-0.05, 0) is 12.5 Å². The minimum absolute atomic E-state index is 0.795. The van der Waals surface area contributed by atoms with E-state index in [1.807, 2.05) is 32.0 Å². The Balaban J connectivity index is 3.05. The van der Waals surface area contributed by atoms with Gasteiger partial charge in [0, 0.05) is 32.0 Å². The normalized spacial score (nSPS) is 9.73. The summed E-state index contributed by atoms with van der Waals surface area (Å²) in [4.78, 5) is 6.11. The van der Waals surface area contributed by atoms with Crippen molar-refractivity contribution in [1.29, 1.82) is 0 Å². The van der Waals surface area contributed by atoms with Gasteiger partial charge >= 0.3 is 0 Å². The summed E-state index contributed by atoms with van der Waals surface area (Å²) in [6.45, 7) is 1.95. The number of nitrogen functional groups attached to an aromatic ring is 1. The summed E-state index contributed by atoms with van der Waals surface area (Å²) < 4.78 is 0. The molecule has 0 unspecified atom stereocenters.